The van der Waals surface area contributed by atoms with E-state index in [4.69, 9.17) is 9.41 Å². The summed E-state index contributed by atoms with van der Waals surface area (Å²) in [6, 6.07) is 11.4. The van der Waals surface area contributed by atoms with Gasteiger partial charge in [-0.1, -0.05) is 43.5 Å². The summed E-state index contributed by atoms with van der Waals surface area (Å²) in [5, 5.41) is 4.08. The van der Waals surface area contributed by atoms with Crippen molar-refractivity contribution in [3.8, 4) is 11.3 Å². The van der Waals surface area contributed by atoms with Crippen molar-refractivity contribution in [2.24, 2.45) is 4.99 Å². The predicted molar refractivity (Wildman–Crippen MR) is 137 cm³/mol. The van der Waals surface area contributed by atoms with Crippen molar-refractivity contribution in [2.75, 3.05) is 0 Å². The van der Waals surface area contributed by atoms with Gasteiger partial charge in [-0.15, -0.1) is 11.3 Å². The first-order valence-corrected chi connectivity index (χ1v) is 13.1. The van der Waals surface area contributed by atoms with Crippen LogP contribution in [0.4, 0.5) is 5.00 Å². The molecule has 2 heterocycles. The van der Waals surface area contributed by atoms with Crippen LogP contribution in [-0.4, -0.2) is 23.9 Å². The van der Waals surface area contributed by atoms with Crippen LogP contribution >= 0.6 is 11.3 Å². The highest BCUT2D eigenvalue weighted by Crippen LogP contribution is 2.40. The van der Waals surface area contributed by atoms with Crippen LogP contribution in [0.3, 0.4) is 0 Å². The topological polar surface area (TPSA) is 71.7 Å². The van der Waals surface area contributed by atoms with Crippen molar-refractivity contribution >= 4 is 34.2 Å². The van der Waals surface area contributed by atoms with Gasteiger partial charge in [-0.3, -0.25) is 9.59 Å². The summed E-state index contributed by atoms with van der Waals surface area (Å²) < 4.78 is 5.99. The van der Waals surface area contributed by atoms with Gasteiger partial charge in [-0.25, -0.2) is 4.99 Å². The molecule has 0 spiro atoms. The summed E-state index contributed by atoms with van der Waals surface area (Å²) >= 11 is 1.65. The maximum Gasteiger partial charge on any atom is 0.254 e. The largest absolute Gasteiger partial charge is 0.455 e. The van der Waals surface area contributed by atoms with E-state index in [1.165, 1.54) is 36.1 Å². The third-order valence-corrected chi connectivity index (χ3v) is 8.03. The Hall–Kier alpha value is -2.99. The zero-order valence-corrected chi connectivity index (χ0v) is 20.4. The number of benzene rings is 1. The number of rotatable bonds is 6. The second-order valence-corrected chi connectivity index (χ2v) is 10.4. The Balaban J connectivity index is 1.37. The van der Waals surface area contributed by atoms with Crippen molar-refractivity contribution in [1.29, 1.82) is 0 Å². The highest BCUT2D eigenvalue weighted by Gasteiger charge is 2.27. The minimum absolute atomic E-state index is 0.0316. The molecule has 0 unspecified atom stereocenters. The van der Waals surface area contributed by atoms with Crippen LogP contribution in [0.25, 0.3) is 11.3 Å². The van der Waals surface area contributed by atoms with Gasteiger partial charge in [-0.2, -0.15) is 0 Å². The number of carbonyl (C=O) groups excluding carboxylic acids is 2. The Morgan fingerprint density at radius 3 is 2.53 bits per heavy atom. The van der Waals surface area contributed by atoms with Gasteiger partial charge in [0.15, 0.2) is 5.78 Å². The normalized spacial score (nSPS) is 16.5. The maximum absolute atomic E-state index is 13.3. The number of thiophene rings is 1. The standard InChI is InChI=1S/C28H30N2O3S/c1-18(31)19-11-13-20(14-12-19)24-16-15-22(33-24)17-29-28-26(23-9-5-6-10-25(23)34-28)27(32)30-21-7-3-2-4-8-21/h11-17,21H,2-10H2,1H3,(H,30,32). The number of Topliss-reactive ketones (excluding diaryl/α,β-unsaturated/α-hetero) is 1. The number of hydrogen-bond acceptors (Lipinski definition) is 5. The molecule has 2 aromatic heterocycles. The lowest BCUT2D eigenvalue weighted by Crippen LogP contribution is -2.36. The average Bonchev–Trinajstić information content (AvgIpc) is 3.48. The number of nitrogens with zero attached hydrogens (tertiary/aromatic N) is 1. The molecule has 1 N–H and O–H groups in total. The Labute approximate surface area is 204 Å². The number of aryl methyl sites for hydroxylation is 1. The summed E-state index contributed by atoms with van der Waals surface area (Å²) in [6.45, 7) is 1.56. The molecule has 1 saturated carbocycles. The highest BCUT2D eigenvalue weighted by molar-refractivity contribution is 7.16. The number of carbonyl (C=O) groups is 2. The van der Waals surface area contributed by atoms with E-state index < -0.39 is 0 Å². The summed E-state index contributed by atoms with van der Waals surface area (Å²) in [7, 11) is 0. The molecule has 2 aliphatic carbocycles. The van der Waals surface area contributed by atoms with Gasteiger partial charge in [0.1, 0.15) is 16.5 Å². The molecule has 3 aromatic rings. The molecule has 1 amide bonds. The van der Waals surface area contributed by atoms with Crippen molar-refractivity contribution < 1.29 is 14.0 Å². The fraction of sp³-hybridized carbons (Fsp3) is 0.393. The first kappa shape index (κ1) is 22.8. The second-order valence-electron chi connectivity index (χ2n) is 9.29. The summed E-state index contributed by atoms with van der Waals surface area (Å²) in [5.74, 6) is 1.43. The molecular formula is C28H30N2O3S. The van der Waals surface area contributed by atoms with Crippen LogP contribution in [0.2, 0.25) is 0 Å². The minimum Gasteiger partial charge on any atom is -0.455 e. The van der Waals surface area contributed by atoms with Gasteiger partial charge in [0.05, 0.1) is 11.8 Å². The Bertz CT molecular complexity index is 1210. The van der Waals surface area contributed by atoms with Gasteiger partial charge in [0.25, 0.3) is 5.91 Å². The molecule has 0 atom stereocenters. The van der Waals surface area contributed by atoms with Gasteiger partial charge in [0, 0.05) is 22.0 Å². The molecule has 2 aliphatic rings. The molecule has 0 bridgehead atoms. The third kappa shape index (κ3) is 4.92. The summed E-state index contributed by atoms with van der Waals surface area (Å²) in [5.41, 5.74) is 3.55. The van der Waals surface area contributed by atoms with E-state index in [9.17, 15) is 9.59 Å². The number of furan rings is 1. The lowest BCUT2D eigenvalue weighted by Gasteiger charge is -2.23. The van der Waals surface area contributed by atoms with Gasteiger partial charge >= 0.3 is 0 Å². The molecule has 0 aliphatic heterocycles. The number of amides is 1. The van der Waals surface area contributed by atoms with Crippen LogP contribution in [-0.2, 0) is 12.8 Å². The summed E-state index contributed by atoms with van der Waals surface area (Å²) in [6.07, 6.45) is 11.8. The maximum atomic E-state index is 13.3. The fourth-order valence-electron chi connectivity index (χ4n) is 4.95. The van der Waals surface area contributed by atoms with Crippen molar-refractivity contribution in [3.05, 3.63) is 63.7 Å². The van der Waals surface area contributed by atoms with E-state index >= 15 is 0 Å². The molecule has 5 rings (SSSR count). The zero-order valence-electron chi connectivity index (χ0n) is 19.6. The van der Waals surface area contributed by atoms with Gasteiger partial charge < -0.3 is 9.73 Å². The third-order valence-electron chi connectivity index (χ3n) is 6.83. The van der Waals surface area contributed by atoms with Crippen LogP contribution in [0, 0.1) is 0 Å². The second kappa shape index (κ2) is 10.1. The van der Waals surface area contributed by atoms with Crippen LogP contribution in [0.1, 0.15) is 88.8 Å². The van der Waals surface area contributed by atoms with Gasteiger partial charge in [0.2, 0.25) is 0 Å². The molecule has 0 radical (unpaired) electrons. The van der Waals surface area contributed by atoms with Gasteiger partial charge in [-0.05, 0) is 63.1 Å². The molecule has 176 valence electrons. The van der Waals surface area contributed by atoms with E-state index in [2.05, 4.69) is 5.32 Å². The van der Waals surface area contributed by atoms with Crippen LogP contribution in [0.15, 0.2) is 45.8 Å². The number of ketones is 1. The first-order valence-electron chi connectivity index (χ1n) is 12.3. The fourth-order valence-corrected chi connectivity index (χ4v) is 6.18. The van der Waals surface area contributed by atoms with E-state index in [-0.39, 0.29) is 17.7 Å². The quantitative estimate of drug-likeness (QED) is 0.312. The Morgan fingerprint density at radius 1 is 1.00 bits per heavy atom. The van der Waals surface area contributed by atoms with Crippen LogP contribution < -0.4 is 5.32 Å². The SMILES string of the molecule is CC(=O)c1ccc(-c2ccc(C=Nc3sc4c(c3C(=O)NC3CCCCC3)CCCC4)o2)cc1. The highest BCUT2D eigenvalue weighted by atomic mass is 32.1. The van der Waals surface area contributed by atoms with E-state index in [0.717, 1.165) is 54.0 Å². The van der Waals surface area contributed by atoms with Crippen LogP contribution in [0.5, 0.6) is 0 Å². The monoisotopic (exact) mass is 474 g/mol. The predicted octanol–water partition coefficient (Wildman–Crippen LogP) is 6.90. The average molecular weight is 475 g/mol. The molecule has 5 nitrogen and oxygen atoms in total. The lowest BCUT2D eigenvalue weighted by atomic mass is 9.93. The molecular weight excluding hydrogens is 444 g/mol. The number of fused-ring (bicyclic) bond motifs is 1. The number of aliphatic imine (C=N–C) groups is 1. The van der Waals surface area contributed by atoms with Crippen molar-refractivity contribution in [3.63, 3.8) is 0 Å². The minimum atomic E-state index is 0.0316. The molecule has 1 aromatic carbocycles. The van der Waals surface area contributed by atoms with Crippen molar-refractivity contribution in [2.45, 2.75) is 70.8 Å². The first-order chi connectivity index (χ1) is 16.6. The smallest absolute Gasteiger partial charge is 0.254 e. The number of hydrogen-bond donors (Lipinski definition) is 1. The zero-order chi connectivity index (χ0) is 23.5. The number of nitrogens with one attached hydrogen (secondary N) is 1. The molecule has 1 fully saturated rings. The van der Waals surface area contributed by atoms with Crippen molar-refractivity contribution in [1.82, 2.24) is 5.32 Å². The van der Waals surface area contributed by atoms with E-state index in [0.29, 0.717) is 11.3 Å². The molecule has 34 heavy (non-hydrogen) atoms. The Kier molecular flexibility index (Phi) is 6.77. The van der Waals surface area contributed by atoms with E-state index in [1.54, 1.807) is 36.6 Å². The van der Waals surface area contributed by atoms with E-state index in [1.807, 2.05) is 24.3 Å². The molecule has 6 heteroatoms. The summed E-state index contributed by atoms with van der Waals surface area (Å²) in [4.78, 5) is 30.9. The lowest BCUT2D eigenvalue weighted by molar-refractivity contribution is 0.0927. The Morgan fingerprint density at radius 2 is 1.76 bits per heavy atom. The molecule has 0 saturated heterocycles.